The Labute approximate surface area is 131 Å². The van der Waals surface area contributed by atoms with Crippen molar-refractivity contribution in [3.8, 4) is 0 Å². The van der Waals surface area contributed by atoms with Crippen molar-refractivity contribution in [2.24, 2.45) is 0 Å². The lowest BCUT2D eigenvalue weighted by atomic mass is 10.2. The van der Waals surface area contributed by atoms with Crippen LogP contribution in [-0.2, 0) is 6.54 Å². The van der Waals surface area contributed by atoms with Crippen molar-refractivity contribution in [1.29, 1.82) is 0 Å². The Morgan fingerprint density at radius 3 is 2.67 bits per heavy atom. The van der Waals surface area contributed by atoms with Crippen LogP contribution in [0.25, 0.3) is 0 Å². The molecule has 0 fully saturated rings. The van der Waals surface area contributed by atoms with E-state index in [2.05, 4.69) is 48.1 Å². The van der Waals surface area contributed by atoms with Gasteiger partial charge in [-0.1, -0.05) is 6.07 Å². The van der Waals surface area contributed by atoms with Crippen LogP contribution >= 0.6 is 11.3 Å². The molecule has 0 spiro atoms. The van der Waals surface area contributed by atoms with Crippen molar-refractivity contribution in [2.75, 3.05) is 18.5 Å². The highest BCUT2D eigenvalue weighted by atomic mass is 32.1. The van der Waals surface area contributed by atoms with Crippen LogP contribution in [0.2, 0.25) is 0 Å². The Hall–Kier alpha value is -1.46. The van der Waals surface area contributed by atoms with Gasteiger partial charge in [-0.3, -0.25) is 4.98 Å². The second-order valence-electron chi connectivity index (χ2n) is 5.24. The van der Waals surface area contributed by atoms with Crippen molar-refractivity contribution in [3.63, 3.8) is 0 Å². The molecule has 21 heavy (non-hydrogen) atoms. The number of rotatable bonds is 6. The maximum atomic E-state index is 4.75. The summed E-state index contributed by atoms with van der Waals surface area (Å²) in [6.07, 6.45) is 0. The van der Waals surface area contributed by atoms with Gasteiger partial charge >= 0.3 is 0 Å². The summed E-state index contributed by atoms with van der Waals surface area (Å²) in [5, 5.41) is 4.37. The minimum absolute atomic E-state index is 0.340. The molecule has 5 heteroatoms. The first-order valence-corrected chi connectivity index (χ1v) is 8.18. The summed E-state index contributed by atoms with van der Waals surface area (Å²) in [6, 6.07) is 6.51. The number of hydrogen-bond donors (Lipinski definition) is 1. The molecule has 114 valence electrons. The van der Waals surface area contributed by atoms with E-state index < -0.39 is 0 Å². The number of thiazole rings is 1. The van der Waals surface area contributed by atoms with Gasteiger partial charge in [-0.25, -0.2) is 4.98 Å². The molecule has 1 N–H and O–H groups in total. The van der Waals surface area contributed by atoms with Gasteiger partial charge in [0, 0.05) is 23.2 Å². The number of aryl methyl sites for hydroxylation is 2. The zero-order chi connectivity index (χ0) is 15.4. The monoisotopic (exact) mass is 304 g/mol. The average Bonchev–Trinajstić information content (AvgIpc) is 2.86. The third-order valence-electron chi connectivity index (χ3n) is 3.60. The maximum absolute atomic E-state index is 4.75. The Morgan fingerprint density at radius 2 is 2.05 bits per heavy atom. The van der Waals surface area contributed by atoms with Gasteiger partial charge in [0.05, 0.1) is 17.9 Å². The summed E-state index contributed by atoms with van der Waals surface area (Å²) in [5.74, 6) is 0. The van der Waals surface area contributed by atoms with Gasteiger partial charge in [0.1, 0.15) is 0 Å². The molecule has 2 heterocycles. The highest BCUT2D eigenvalue weighted by Gasteiger charge is 2.17. The van der Waals surface area contributed by atoms with E-state index in [4.69, 9.17) is 4.98 Å². The van der Waals surface area contributed by atoms with Crippen LogP contribution in [0.4, 0.5) is 5.13 Å². The first kappa shape index (κ1) is 15.9. The predicted molar refractivity (Wildman–Crippen MR) is 90.0 cm³/mol. The Morgan fingerprint density at radius 1 is 1.29 bits per heavy atom. The molecule has 4 nitrogen and oxygen atoms in total. The molecule has 0 aliphatic carbocycles. The lowest BCUT2D eigenvalue weighted by Gasteiger charge is -2.19. The summed E-state index contributed by atoms with van der Waals surface area (Å²) in [5.41, 5.74) is 3.27. The summed E-state index contributed by atoms with van der Waals surface area (Å²) in [6.45, 7) is 10.2. The van der Waals surface area contributed by atoms with E-state index in [1.807, 2.05) is 20.0 Å². The van der Waals surface area contributed by atoms with Gasteiger partial charge < -0.3 is 10.2 Å². The van der Waals surface area contributed by atoms with E-state index >= 15 is 0 Å². The third kappa shape index (κ3) is 3.80. The van der Waals surface area contributed by atoms with Crippen molar-refractivity contribution < 1.29 is 0 Å². The molecule has 2 aromatic heterocycles. The fourth-order valence-electron chi connectivity index (χ4n) is 2.26. The molecule has 0 aliphatic rings. The minimum Gasteiger partial charge on any atom is -0.342 e. The molecule has 2 rings (SSSR count). The van der Waals surface area contributed by atoms with E-state index in [0.29, 0.717) is 6.04 Å². The SMILES string of the molecule is CCN(Cc1cccc(C)n1)c1nc(C)c(C(C)NC)s1. The van der Waals surface area contributed by atoms with Gasteiger partial charge in [0.2, 0.25) is 0 Å². The lowest BCUT2D eigenvalue weighted by Crippen LogP contribution is -2.22. The Kier molecular flexibility index (Phi) is 5.31. The standard InChI is InChI=1S/C16H24N4S/c1-6-20(10-14-9-7-8-11(2)18-14)16-19-13(4)15(21-16)12(3)17-5/h7-9,12,17H,6,10H2,1-5H3. The maximum Gasteiger partial charge on any atom is 0.186 e. The second kappa shape index (κ2) is 7.00. The van der Waals surface area contributed by atoms with E-state index in [9.17, 15) is 0 Å². The van der Waals surface area contributed by atoms with Crippen molar-refractivity contribution in [3.05, 3.63) is 40.2 Å². The molecule has 0 aromatic carbocycles. The zero-order valence-corrected chi connectivity index (χ0v) is 14.3. The average molecular weight is 304 g/mol. The van der Waals surface area contributed by atoms with Crippen LogP contribution in [0.3, 0.4) is 0 Å². The van der Waals surface area contributed by atoms with Crippen molar-refractivity contribution in [2.45, 2.75) is 40.3 Å². The van der Waals surface area contributed by atoms with Crippen LogP contribution in [0, 0.1) is 13.8 Å². The van der Waals surface area contributed by atoms with Crippen LogP contribution < -0.4 is 10.2 Å². The molecule has 0 amide bonds. The molecule has 0 radical (unpaired) electrons. The van der Waals surface area contributed by atoms with Gasteiger partial charge in [-0.05, 0) is 46.9 Å². The predicted octanol–water partition coefficient (Wildman–Crippen LogP) is 3.46. The topological polar surface area (TPSA) is 41.1 Å². The fourth-order valence-corrected chi connectivity index (χ4v) is 3.45. The quantitative estimate of drug-likeness (QED) is 0.887. The minimum atomic E-state index is 0.340. The first-order valence-electron chi connectivity index (χ1n) is 7.37. The van der Waals surface area contributed by atoms with E-state index in [1.165, 1.54) is 4.88 Å². The smallest absolute Gasteiger partial charge is 0.186 e. The number of hydrogen-bond acceptors (Lipinski definition) is 5. The Bertz CT molecular complexity index is 594. The summed E-state index contributed by atoms with van der Waals surface area (Å²) in [4.78, 5) is 12.9. The van der Waals surface area contributed by atoms with Crippen molar-refractivity contribution >= 4 is 16.5 Å². The van der Waals surface area contributed by atoms with Crippen molar-refractivity contribution in [1.82, 2.24) is 15.3 Å². The molecule has 0 aliphatic heterocycles. The number of aromatic nitrogens is 2. The molecule has 0 saturated carbocycles. The van der Waals surface area contributed by atoms with E-state index in [-0.39, 0.29) is 0 Å². The molecule has 1 unspecified atom stereocenters. The number of nitrogens with one attached hydrogen (secondary N) is 1. The molecule has 0 saturated heterocycles. The van der Waals surface area contributed by atoms with E-state index in [0.717, 1.165) is 35.3 Å². The van der Waals surface area contributed by atoms with Crippen LogP contribution in [0.15, 0.2) is 18.2 Å². The highest BCUT2D eigenvalue weighted by Crippen LogP contribution is 2.31. The Balaban J connectivity index is 2.21. The molecule has 0 bridgehead atoms. The lowest BCUT2D eigenvalue weighted by molar-refractivity contribution is 0.658. The molecular weight excluding hydrogens is 280 g/mol. The molecule has 2 aromatic rings. The second-order valence-corrected chi connectivity index (χ2v) is 6.25. The fraction of sp³-hybridized carbons (Fsp3) is 0.500. The van der Waals surface area contributed by atoms with Crippen LogP contribution in [0.5, 0.6) is 0 Å². The number of pyridine rings is 1. The summed E-state index contributed by atoms with van der Waals surface area (Å²) >= 11 is 1.77. The molecule has 1 atom stereocenters. The zero-order valence-electron chi connectivity index (χ0n) is 13.5. The molecular formula is C16H24N4S. The van der Waals surface area contributed by atoms with Gasteiger partial charge in [-0.2, -0.15) is 0 Å². The third-order valence-corrected chi connectivity index (χ3v) is 5.00. The van der Waals surface area contributed by atoms with Gasteiger partial charge in [-0.15, -0.1) is 11.3 Å². The summed E-state index contributed by atoms with van der Waals surface area (Å²) in [7, 11) is 1.98. The van der Waals surface area contributed by atoms with Crippen LogP contribution in [0.1, 0.15) is 41.8 Å². The normalized spacial score (nSPS) is 12.4. The number of anilines is 1. The van der Waals surface area contributed by atoms with Gasteiger partial charge in [0.15, 0.2) is 5.13 Å². The van der Waals surface area contributed by atoms with E-state index in [1.54, 1.807) is 11.3 Å². The largest absolute Gasteiger partial charge is 0.342 e. The van der Waals surface area contributed by atoms with Crippen LogP contribution in [-0.4, -0.2) is 23.6 Å². The number of nitrogens with zero attached hydrogens (tertiary/aromatic N) is 3. The first-order chi connectivity index (χ1) is 10.0. The van der Waals surface area contributed by atoms with Gasteiger partial charge in [0.25, 0.3) is 0 Å². The summed E-state index contributed by atoms with van der Waals surface area (Å²) < 4.78 is 0. The highest BCUT2D eigenvalue weighted by molar-refractivity contribution is 7.15.